The Balaban J connectivity index is 2.99. The number of hydrogen-bond donors (Lipinski definition) is 0. The maximum absolute atomic E-state index is 14.6. The van der Waals surface area contributed by atoms with Gasteiger partial charge in [-0.25, -0.2) is 27.6 Å². The average Bonchev–Trinajstić information content (AvgIpc) is 3.25. The summed E-state index contributed by atoms with van der Waals surface area (Å²) in [6, 6.07) is 3.23. The summed E-state index contributed by atoms with van der Waals surface area (Å²) in [6.45, 7) is 20.3. The van der Waals surface area contributed by atoms with Gasteiger partial charge < -0.3 is 38.5 Å². The van der Waals surface area contributed by atoms with E-state index in [0.717, 1.165) is 25.9 Å². The van der Waals surface area contributed by atoms with Gasteiger partial charge >= 0.3 is 23.9 Å². The molecule has 0 saturated carbocycles. The highest BCUT2D eigenvalue weighted by atomic mass is 32.2. The lowest BCUT2D eigenvalue weighted by molar-refractivity contribution is -0.180. The first kappa shape index (κ1) is 60.1. The van der Waals surface area contributed by atoms with Crippen LogP contribution in [0.5, 0.6) is 0 Å². The molecule has 1 saturated heterocycles. The first-order chi connectivity index (χ1) is 31.8. The van der Waals surface area contributed by atoms with Crippen LogP contribution < -0.4 is 0 Å². The zero-order chi connectivity index (χ0) is 53.0. The van der Waals surface area contributed by atoms with Crippen LogP contribution in [0.15, 0.2) is 30.3 Å². The summed E-state index contributed by atoms with van der Waals surface area (Å²) in [4.78, 5) is 120. The van der Waals surface area contributed by atoms with Crippen molar-refractivity contribution in [1.29, 1.82) is 0 Å². The van der Waals surface area contributed by atoms with E-state index >= 15 is 0 Å². The van der Waals surface area contributed by atoms with Crippen LogP contribution >= 0.6 is 0 Å². The fraction of sp³-hybridized carbons (Fsp3) is 0.720. The number of likely N-dealkylation sites (N-methyl/N-ethyl adjacent to an activating group) is 4. The van der Waals surface area contributed by atoms with E-state index < -0.39 is 142 Å². The minimum atomic E-state index is -3.73. The number of nitrogens with zero attached hydrogens (tertiary/aromatic N) is 4. The lowest BCUT2D eigenvalue weighted by Gasteiger charge is -2.37. The smallest absolute Gasteiger partial charge is 0.329 e. The van der Waals surface area contributed by atoms with Gasteiger partial charge in [-0.1, -0.05) is 113 Å². The van der Waals surface area contributed by atoms with Crippen molar-refractivity contribution in [2.24, 2.45) is 35.5 Å². The van der Waals surface area contributed by atoms with Gasteiger partial charge in [0.05, 0.1) is 5.75 Å². The molecule has 8 atom stereocenters. The molecule has 0 radical (unpaired) electrons. The van der Waals surface area contributed by atoms with Gasteiger partial charge in [0.2, 0.25) is 0 Å². The molecule has 0 aliphatic carbocycles. The van der Waals surface area contributed by atoms with Gasteiger partial charge in [-0.3, -0.25) is 19.2 Å². The Bertz CT molecular complexity index is 2040. The third-order valence-corrected chi connectivity index (χ3v) is 13.1. The molecule has 1 aromatic carbocycles. The molecule has 0 aromatic heterocycles. The van der Waals surface area contributed by atoms with Crippen molar-refractivity contribution in [3.63, 3.8) is 0 Å². The minimum absolute atomic E-state index is 0.0538. The highest BCUT2D eigenvalue weighted by Crippen LogP contribution is 2.26. The van der Waals surface area contributed by atoms with Crippen LogP contribution in [0.3, 0.4) is 0 Å². The summed E-state index contributed by atoms with van der Waals surface area (Å²) < 4.78 is 48.8. The second-order valence-corrected chi connectivity index (χ2v) is 22.9. The molecule has 18 nitrogen and oxygen atoms in total. The highest BCUT2D eigenvalue weighted by Gasteiger charge is 2.45. The molecule has 1 aliphatic heterocycles. The second kappa shape index (κ2) is 26.2. The van der Waals surface area contributed by atoms with Crippen molar-refractivity contribution in [2.45, 2.75) is 157 Å². The third kappa shape index (κ3) is 17.1. The number of benzene rings is 1. The average molecular weight is 993 g/mol. The van der Waals surface area contributed by atoms with E-state index in [-0.39, 0.29) is 31.1 Å². The molecular formula is C50H80N4O14S. The number of rotatable bonds is 13. The summed E-state index contributed by atoms with van der Waals surface area (Å²) in [5.74, 6) is -10.9. The van der Waals surface area contributed by atoms with Gasteiger partial charge in [0.25, 0.3) is 23.6 Å². The minimum Gasteiger partial charge on any atom is -0.450 e. The van der Waals surface area contributed by atoms with Crippen molar-refractivity contribution in [1.82, 2.24) is 19.6 Å². The molecule has 1 fully saturated rings. The fourth-order valence-electron chi connectivity index (χ4n) is 7.85. The second-order valence-electron chi connectivity index (χ2n) is 20.6. The lowest BCUT2D eigenvalue weighted by atomic mass is 9.98. The summed E-state index contributed by atoms with van der Waals surface area (Å²) in [6.07, 6.45) is -5.53. The Morgan fingerprint density at radius 2 is 0.725 bits per heavy atom. The monoisotopic (exact) mass is 993 g/mol. The number of esters is 4. The van der Waals surface area contributed by atoms with E-state index in [1.54, 1.807) is 85.7 Å². The predicted molar refractivity (Wildman–Crippen MR) is 258 cm³/mol. The Morgan fingerprint density at radius 3 is 1.01 bits per heavy atom. The molecule has 0 N–H and O–H groups in total. The zero-order valence-corrected chi connectivity index (χ0v) is 44.7. The van der Waals surface area contributed by atoms with E-state index in [4.69, 9.17) is 18.9 Å². The summed E-state index contributed by atoms with van der Waals surface area (Å²) in [5.41, 5.74) is 0.647. The number of carbonyl (C=O) groups excluding carboxylic acids is 8. The van der Waals surface area contributed by atoms with E-state index in [1.807, 2.05) is 27.7 Å². The van der Waals surface area contributed by atoms with Crippen LogP contribution in [0.25, 0.3) is 0 Å². The van der Waals surface area contributed by atoms with Crippen molar-refractivity contribution < 1.29 is 65.7 Å². The fourth-order valence-corrected chi connectivity index (χ4v) is 8.50. The van der Waals surface area contributed by atoms with E-state index in [1.165, 1.54) is 28.2 Å². The first-order valence-electron chi connectivity index (χ1n) is 23.9. The first-order valence-corrected chi connectivity index (χ1v) is 26.0. The van der Waals surface area contributed by atoms with Crippen LogP contribution in [0.2, 0.25) is 0 Å². The summed E-state index contributed by atoms with van der Waals surface area (Å²) >= 11 is 0. The summed E-state index contributed by atoms with van der Waals surface area (Å²) in [5, 5.41) is 0. The summed E-state index contributed by atoms with van der Waals surface area (Å²) in [7, 11) is 1.56. The van der Waals surface area contributed by atoms with Gasteiger partial charge in [-0.15, -0.1) is 0 Å². The molecule has 8 unspecified atom stereocenters. The largest absolute Gasteiger partial charge is 0.450 e. The van der Waals surface area contributed by atoms with Gasteiger partial charge in [-0.05, 0) is 60.3 Å². The number of sulfone groups is 1. The quantitative estimate of drug-likeness (QED) is 0.198. The van der Waals surface area contributed by atoms with Crippen LogP contribution in [-0.4, -0.2) is 164 Å². The van der Waals surface area contributed by atoms with Crippen LogP contribution in [0, 0.1) is 35.5 Å². The molecular weight excluding hydrogens is 913 g/mol. The Morgan fingerprint density at radius 1 is 0.449 bits per heavy atom. The molecule has 19 heteroatoms. The third-order valence-electron chi connectivity index (χ3n) is 12.1. The van der Waals surface area contributed by atoms with E-state index in [0.29, 0.717) is 5.56 Å². The van der Waals surface area contributed by atoms with Gasteiger partial charge in [0.1, 0.15) is 34.0 Å². The van der Waals surface area contributed by atoms with Crippen LogP contribution in [0.4, 0.5) is 0 Å². The van der Waals surface area contributed by atoms with Crippen molar-refractivity contribution in [2.75, 3.05) is 40.2 Å². The lowest BCUT2D eigenvalue weighted by Crippen LogP contribution is -2.56. The number of cyclic esters (lactones) is 4. The van der Waals surface area contributed by atoms with E-state index in [2.05, 4.69) is 0 Å². The molecule has 390 valence electrons. The van der Waals surface area contributed by atoms with Gasteiger partial charge in [0, 0.05) is 40.9 Å². The van der Waals surface area contributed by atoms with Gasteiger partial charge in [0.15, 0.2) is 24.4 Å². The topological polar surface area (TPSA) is 221 Å². The molecule has 2 rings (SSSR count). The maximum Gasteiger partial charge on any atom is 0.329 e. The number of hydrogen-bond acceptors (Lipinski definition) is 14. The number of ether oxygens (including phenoxy) is 4. The molecule has 69 heavy (non-hydrogen) atoms. The normalized spacial score (nSPS) is 25.5. The molecule has 4 amide bonds. The molecule has 1 aliphatic rings. The van der Waals surface area contributed by atoms with E-state index in [9.17, 15) is 46.8 Å². The standard InChI is InChI=1S/C50H80N4O14S/c1-28(2)25-36-48(60)66-39(30(5)6)43(55)51(13)35(23-24-69(17,63)64)47(59)65-40(31(7)8)44(56)52(14)37(26-29(3)4)49(61)67-42(33(11)12)46(58)54(16)38(27-34-21-19-18-20-22-34)50(62)68-41(32(9)10)45(57)53(36)15/h18-22,28-33,35-42H,23-27H2,1-17H3. The molecule has 0 spiro atoms. The Labute approximate surface area is 410 Å². The zero-order valence-electron chi connectivity index (χ0n) is 43.9. The molecule has 0 bridgehead atoms. The van der Waals surface area contributed by atoms with Gasteiger partial charge in [-0.2, -0.15) is 0 Å². The number of carbonyl (C=O) groups is 8. The maximum atomic E-state index is 14.6. The van der Waals surface area contributed by atoms with Crippen molar-refractivity contribution in [3.8, 4) is 0 Å². The van der Waals surface area contributed by atoms with Crippen molar-refractivity contribution in [3.05, 3.63) is 35.9 Å². The Kier molecular flexibility index (Phi) is 22.8. The number of amides is 4. The van der Waals surface area contributed by atoms with Crippen molar-refractivity contribution >= 4 is 57.3 Å². The molecule has 1 heterocycles. The van der Waals surface area contributed by atoms with Crippen LogP contribution in [-0.2, 0) is 73.6 Å². The highest BCUT2D eigenvalue weighted by molar-refractivity contribution is 7.90. The Hall–Kier alpha value is -5.07. The molecule has 1 aromatic rings. The predicted octanol–water partition coefficient (Wildman–Crippen LogP) is 4.35. The van der Waals surface area contributed by atoms with Crippen LogP contribution in [0.1, 0.15) is 108 Å². The SMILES string of the molecule is CC(C)CC1C(=O)OC(C(C)C)C(=O)N(C)C(CCS(C)(=O)=O)C(=O)OC(C(C)C)C(=O)N(C)C(CC(C)C)C(=O)OC(C(C)C)C(=O)N(C)C(Cc2ccccc2)C(=O)OC(C(C)C)C(=O)N1C.